The van der Waals surface area contributed by atoms with E-state index in [2.05, 4.69) is 15.3 Å². The van der Waals surface area contributed by atoms with Crippen LogP contribution in [0.15, 0.2) is 30.6 Å². The van der Waals surface area contributed by atoms with E-state index in [1.54, 1.807) is 23.4 Å². The number of halogens is 1. The number of nitrogens with one attached hydrogen (secondary N) is 1. The van der Waals surface area contributed by atoms with E-state index >= 15 is 0 Å². The molecule has 0 spiro atoms. The van der Waals surface area contributed by atoms with Crippen molar-refractivity contribution in [1.29, 1.82) is 0 Å². The molecule has 1 aliphatic heterocycles. The largest absolute Gasteiger partial charge is 0.474 e. The van der Waals surface area contributed by atoms with Gasteiger partial charge in [0, 0.05) is 38.1 Å². The van der Waals surface area contributed by atoms with Crippen LogP contribution in [0.3, 0.4) is 0 Å². The van der Waals surface area contributed by atoms with Crippen molar-refractivity contribution < 1.29 is 14.3 Å². The molecule has 1 saturated carbocycles. The summed E-state index contributed by atoms with van der Waals surface area (Å²) in [5.74, 6) is 1.12. The second kappa shape index (κ2) is 9.41. The third-order valence-corrected chi connectivity index (χ3v) is 5.52. The van der Waals surface area contributed by atoms with E-state index in [0.29, 0.717) is 55.1 Å². The fourth-order valence-electron chi connectivity index (χ4n) is 3.62. The summed E-state index contributed by atoms with van der Waals surface area (Å²) in [7, 11) is 0. The third-order valence-electron chi connectivity index (χ3n) is 5.24. The zero-order valence-electron chi connectivity index (χ0n) is 16.3. The van der Waals surface area contributed by atoms with Gasteiger partial charge in [0.15, 0.2) is 0 Å². The molecule has 0 bridgehead atoms. The fourth-order valence-corrected chi connectivity index (χ4v) is 3.85. The van der Waals surface area contributed by atoms with Crippen LogP contribution < -0.4 is 10.1 Å². The first-order chi connectivity index (χ1) is 14.2. The van der Waals surface area contributed by atoms with Crippen molar-refractivity contribution >= 4 is 23.3 Å². The lowest BCUT2D eigenvalue weighted by Gasteiger charge is -2.26. The van der Waals surface area contributed by atoms with Crippen LogP contribution in [0, 0.1) is 0 Å². The Morgan fingerprint density at radius 1 is 1.24 bits per heavy atom. The number of carbonyl (C=O) groups excluding carboxylic acids is 1. The van der Waals surface area contributed by atoms with E-state index in [-0.39, 0.29) is 12.0 Å². The number of nitrogens with zero attached hydrogens (tertiary/aromatic N) is 3. The monoisotopic (exact) mass is 416 g/mol. The minimum atomic E-state index is -0.0721. The van der Waals surface area contributed by atoms with Crippen LogP contribution in [0.2, 0.25) is 5.02 Å². The van der Waals surface area contributed by atoms with Gasteiger partial charge in [-0.05, 0) is 43.4 Å². The maximum Gasteiger partial charge on any atom is 0.255 e. The Balaban J connectivity index is 1.36. The summed E-state index contributed by atoms with van der Waals surface area (Å²) in [6, 6.07) is 5.53. The molecule has 2 fully saturated rings. The van der Waals surface area contributed by atoms with E-state index in [1.165, 1.54) is 12.8 Å². The summed E-state index contributed by atoms with van der Waals surface area (Å²) in [6.07, 6.45) is 8.23. The number of morpholine rings is 1. The number of hydrogen-bond acceptors (Lipinski definition) is 6. The van der Waals surface area contributed by atoms with E-state index in [4.69, 9.17) is 21.1 Å². The summed E-state index contributed by atoms with van der Waals surface area (Å²) >= 11 is 6.37. The molecule has 154 valence electrons. The predicted octanol–water partition coefficient (Wildman–Crippen LogP) is 3.54. The van der Waals surface area contributed by atoms with Crippen molar-refractivity contribution in [3.63, 3.8) is 0 Å². The number of rotatable bonds is 6. The number of pyridine rings is 2. The molecule has 2 aliphatic rings. The van der Waals surface area contributed by atoms with Crippen LogP contribution in [0.25, 0.3) is 0 Å². The SMILES string of the molecule is O=C(c1cnc(NCc2ccnc(OC3CCCC3)c2)c(Cl)c1)N1CCOCC1. The first-order valence-corrected chi connectivity index (χ1v) is 10.4. The van der Waals surface area contributed by atoms with E-state index < -0.39 is 0 Å². The molecule has 1 aliphatic carbocycles. The predicted molar refractivity (Wildman–Crippen MR) is 110 cm³/mol. The zero-order chi connectivity index (χ0) is 20.1. The lowest BCUT2D eigenvalue weighted by Crippen LogP contribution is -2.40. The van der Waals surface area contributed by atoms with Gasteiger partial charge in [0.1, 0.15) is 11.9 Å². The van der Waals surface area contributed by atoms with Gasteiger partial charge in [-0.15, -0.1) is 0 Å². The Labute approximate surface area is 175 Å². The maximum absolute atomic E-state index is 12.6. The quantitative estimate of drug-likeness (QED) is 0.776. The van der Waals surface area contributed by atoms with Crippen LogP contribution >= 0.6 is 11.6 Å². The fraction of sp³-hybridized carbons (Fsp3) is 0.476. The van der Waals surface area contributed by atoms with Gasteiger partial charge in [-0.1, -0.05) is 11.6 Å². The normalized spacial score (nSPS) is 17.3. The Morgan fingerprint density at radius 2 is 2.03 bits per heavy atom. The Bertz CT molecular complexity index is 852. The van der Waals surface area contributed by atoms with Crippen LogP contribution in [0.5, 0.6) is 5.88 Å². The van der Waals surface area contributed by atoms with Crippen LogP contribution in [0.1, 0.15) is 41.6 Å². The molecule has 2 aromatic rings. The van der Waals surface area contributed by atoms with Gasteiger partial charge in [-0.2, -0.15) is 0 Å². The maximum atomic E-state index is 12.6. The van der Waals surface area contributed by atoms with Crippen molar-refractivity contribution in [1.82, 2.24) is 14.9 Å². The molecule has 8 heteroatoms. The van der Waals surface area contributed by atoms with Crippen molar-refractivity contribution in [2.24, 2.45) is 0 Å². The average Bonchev–Trinajstić information content (AvgIpc) is 3.26. The summed E-state index contributed by atoms with van der Waals surface area (Å²) in [4.78, 5) is 23.0. The van der Waals surface area contributed by atoms with Crippen molar-refractivity contribution in [3.05, 3.63) is 46.7 Å². The number of ether oxygens (including phenoxy) is 2. The number of hydrogen-bond donors (Lipinski definition) is 1. The zero-order valence-corrected chi connectivity index (χ0v) is 17.0. The number of carbonyl (C=O) groups is 1. The highest BCUT2D eigenvalue weighted by Gasteiger charge is 2.20. The van der Waals surface area contributed by atoms with Gasteiger partial charge < -0.3 is 19.7 Å². The molecule has 0 unspecified atom stereocenters. The standard InChI is InChI=1S/C21H25ClN4O3/c22-18-12-16(21(27)26-7-9-28-10-8-26)14-25-20(18)24-13-15-5-6-23-19(11-15)29-17-3-1-2-4-17/h5-6,11-12,14,17H,1-4,7-10,13H2,(H,24,25). The third kappa shape index (κ3) is 5.16. The van der Waals surface area contributed by atoms with E-state index in [1.807, 2.05) is 12.1 Å². The van der Waals surface area contributed by atoms with Gasteiger partial charge in [-0.25, -0.2) is 9.97 Å². The second-order valence-electron chi connectivity index (χ2n) is 7.34. The average molecular weight is 417 g/mol. The van der Waals surface area contributed by atoms with Crippen molar-refractivity contribution in [2.45, 2.75) is 38.3 Å². The van der Waals surface area contributed by atoms with E-state index in [9.17, 15) is 4.79 Å². The smallest absolute Gasteiger partial charge is 0.255 e. The van der Waals surface area contributed by atoms with E-state index in [0.717, 1.165) is 18.4 Å². The molecule has 0 radical (unpaired) electrons. The van der Waals surface area contributed by atoms with Gasteiger partial charge in [0.25, 0.3) is 5.91 Å². The molecule has 4 rings (SSSR count). The topological polar surface area (TPSA) is 76.6 Å². The van der Waals surface area contributed by atoms with Gasteiger partial charge in [-0.3, -0.25) is 4.79 Å². The van der Waals surface area contributed by atoms with Gasteiger partial charge >= 0.3 is 0 Å². The van der Waals surface area contributed by atoms with Crippen LogP contribution in [-0.4, -0.2) is 53.2 Å². The molecule has 29 heavy (non-hydrogen) atoms. The highest BCUT2D eigenvalue weighted by molar-refractivity contribution is 6.33. The number of aromatic nitrogens is 2. The molecule has 1 saturated heterocycles. The van der Waals surface area contributed by atoms with Crippen molar-refractivity contribution in [3.8, 4) is 5.88 Å². The summed E-state index contributed by atoms with van der Waals surface area (Å²) in [5.41, 5.74) is 1.51. The highest BCUT2D eigenvalue weighted by atomic mass is 35.5. The molecule has 3 heterocycles. The summed E-state index contributed by atoms with van der Waals surface area (Å²) in [6.45, 7) is 2.83. The molecule has 2 aromatic heterocycles. The second-order valence-corrected chi connectivity index (χ2v) is 7.75. The minimum absolute atomic E-state index is 0.0721. The number of anilines is 1. The Hall–Kier alpha value is -2.38. The van der Waals surface area contributed by atoms with Gasteiger partial charge in [0.2, 0.25) is 5.88 Å². The Morgan fingerprint density at radius 3 is 2.79 bits per heavy atom. The number of amides is 1. The van der Waals surface area contributed by atoms with Crippen molar-refractivity contribution in [2.75, 3.05) is 31.6 Å². The first-order valence-electron chi connectivity index (χ1n) is 10.1. The highest BCUT2D eigenvalue weighted by Crippen LogP contribution is 2.24. The minimum Gasteiger partial charge on any atom is -0.474 e. The first kappa shape index (κ1) is 19.9. The van der Waals surface area contributed by atoms with Crippen LogP contribution in [0.4, 0.5) is 5.82 Å². The lowest BCUT2D eigenvalue weighted by molar-refractivity contribution is 0.0302. The molecule has 1 amide bonds. The molecule has 0 aromatic carbocycles. The molecule has 7 nitrogen and oxygen atoms in total. The lowest BCUT2D eigenvalue weighted by atomic mass is 10.2. The summed E-state index contributed by atoms with van der Waals surface area (Å²) in [5, 5.41) is 3.64. The molecular weight excluding hydrogens is 392 g/mol. The van der Waals surface area contributed by atoms with Gasteiger partial charge in [0.05, 0.1) is 23.8 Å². The van der Waals surface area contributed by atoms with Crippen LogP contribution in [-0.2, 0) is 11.3 Å². The summed E-state index contributed by atoms with van der Waals surface area (Å²) < 4.78 is 11.2. The molecule has 0 atom stereocenters. The Kier molecular flexibility index (Phi) is 6.46. The molecular formula is C21H25ClN4O3. The molecule has 1 N–H and O–H groups in total.